The molecule has 66 valence electrons. The summed E-state index contributed by atoms with van der Waals surface area (Å²) in [7, 11) is -2.18. The number of rotatable bonds is 5. The van der Waals surface area contributed by atoms with Crippen LogP contribution in [0.2, 0.25) is 31.0 Å². The smallest absolute Gasteiger partial charge is 0.427 e. The summed E-state index contributed by atoms with van der Waals surface area (Å²) in [6.07, 6.45) is 0.560. The first kappa shape index (κ1) is 11.2. The van der Waals surface area contributed by atoms with Crippen LogP contribution in [-0.2, 0) is 0 Å². The molecule has 0 atom stereocenters. The molecule has 4 heteroatoms. The lowest BCUT2D eigenvalue weighted by molar-refractivity contribution is 0.407. The topological polar surface area (TPSA) is 40.5 Å². The maximum absolute atomic E-state index is 8.68. The Morgan fingerprint density at radius 1 is 1.18 bits per heavy atom. The molecule has 2 N–H and O–H groups in total. The van der Waals surface area contributed by atoms with E-state index in [1.54, 1.807) is 0 Å². The second-order valence-electron chi connectivity index (χ2n) is 3.54. The minimum absolute atomic E-state index is 0.560. The Hall–Kier alpha value is 0.202. The molecule has 0 saturated carbocycles. The molecule has 0 amide bonds. The second-order valence-corrected chi connectivity index (χ2v) is 9.07. The van der Waals surface area contributed by atoms with Crippen molar-refractivity contribution in [2.24, 2.45) is 0 Å². The molecule has 0 unspecified atom stereocenters. The summed E-state index contributed by atoms with van der Waals surface area (Å²) in [5, 5.41) is 17.4. The van der Waals surface area contributed by atoms with Crippen LogP contribution in [0.1, 0.15) is 13.8 Å². The third-order valence-electron chi connectivity index (χ3n) is 2.71. The first-order valence-electron chi connectivity index (χ1n) is 4.40. The summed E-state index contributed by atoms with van der Waals surface area (Å²) in [6, 6.07) is 3.53. The number of hydrogen-bond donors (Lipinski definition) is 2. The van der Waals surface area contributed by atoms with Gasteiger partial charge in [0.05, 0.1) is 0 Å². The fourth-order valence-electron chi connectivity index (χ4n) is 1.08. The molecule has 0 radical (unpaired) electrons. The SMILES string of the molecule is CC[Si](C)(CC)CCB(O)O. The van der Waals surface area contributed by atoms with Gasteiger partial charge < -0.3 is 10.0 Å². The normalized spacial score (nSPS) is 11.7. The van der Waals surface area contributed by atoms with Crippen LogP contribution in [0.3, 0.4) is 0 Å². The van der Waals surface area contributed by atoms with E-state index in [4.69, 9.17) is 10.0 Å². The molecule has 0 aliphatic carbocycles. The fraction of sp³-hybridized carbons (Fsp3) is 1.00. The van der Waals surface area contributed by atoms with Crippen molar-refractivity contribution in [1.82, 2.24) is 0 Å². The lowest BCUT2D eigenvalue weighted by Crippen LogP contribution is -2.29. The van der Waals surface area contributed by atoms with Crippen molar-refractivity contribution in [3.05, 3.63) is 0 Å². The van der Waals surface area contributed by atoms with Crippen molar-refractivity contribution in [3.63, 3.8) is 0 Å². The molecule has 11 heavy (non-hydrogen) atoms. The minimum Gasteiger partial charge on any atom is -0.427 e. The van der Waals surface area contributed by atoms with E-state index < -0.39 is 15.2 Å². The zero-order chi connectivity index (χ0) is 8.91. The number of hydrogen-bond acceptors (Lipinski definition) is 2. The molecule has 0 aliphatic rings. The lowest BCUT2D eigenvalue weighted by Gasteiger charge is -2.23. The van der Waals surface area contributed by atoms with Crippen molar-refractivity contribution in [1.29, 1.82) is 0 Å². The van der Waals surface area contributed by atoms with Gasteiger partial charge in [-0.25, -0.2) is 0 Å². The lowest BCUT2D eigenvalue weighted by atomic mass is 9.88. The van der Waals surface area contributed by atoms with E-state index in [0.29, 0.717) is 6.32 Å². The molecule has 0 spiro atoms. The van der Waals surface area contributed by atoms with Gasteiger partial charge in [-0.05, 0) is 6.32 Å². The average molecular weight is 174 g/mol. The van der Waals surface area contributed by atoms with E-state index >= 15 is 0 Å². The van der Waals surface area contributed by atoms with Crippen LogP contribution in [0.5, 0.6) is 0 Å². The Morgan fingerprint density at radius 2 is 1.64 bits per heavy atom. The van der Waals surface area contributed by atoms with Crippen LogP contribution in [0, 0.1) is 0 Å². The van der Waals surface area contributed by atoms with Crippen LogP contribution in [0.4, 0.5) is 0 Å². The van der Waals surface area contributed by atoms with Gasteiger partial charge in [-0.1, -0.05) is 38.5 Å². The molecule has 0 aromatic carbocycles. The van der Waals surface area contributed by atoms with E-state index in [2.05, 4.69) is 20.4 Å². The monoisotopic (exact) mass is 174 g/mol. The zero-order valence-corrected chi connectivity index (χ0v) is 8.80. The van der Waals surface area contributed by atoms with E-state index in [0.717, 1.165) is 6.04 Å². The van der Waals surface area contributed by atoms with Gasteiger partial charge in [-0.3, -0.25) is 0 Å². The van der Waals surface area contributed by atoms with Gasteiger partial charge in [0.15, 0.2) is 0 Å². The quantitative estimate of drug-likeness (QED) is 0.621. The van der Waals surface area contributed by atoms with Crippen molar-refractivity contribution >= 4 is 15.2 Å². The predicted molar refractivity (Wildman–Crippen MR) is 52.4 cm³/mol. The van der Waals surface area contributed by atoms with Crippen LogP contribution < -0.4 is 0 Å². The minimum atomic E-state index is -1.10. The molecule has 0 rings (SSSR count). The third kappa shape index (κ3) is 4.61. The summed E-state index contributed by atoms with van der Waals surface area (Å²) in [6.45, 7) is 6.74. The van der Waals surface area contributed by atoms with E-state index in [1.807, 2.05) is 0 Å². The van der Waals surface area contributed by atoms with Crippen molar-refractivity contribution in [3.8, 4) is 0 Å². The molecule has 0 aliphatic heterocycles. The third-order valence-corrected chi connectivity index (χ3v) is 7.62. The summed E-state index contributed by atoms with van der Waals surface area (Å²) in [5.41, 5.74) is 0. The Morgan fingerprint density at radius 3 is 1.91 bits per heavy atom. The van der Waals surface area contributed by atoms with E-state index in [1.165, 1.54) is 12.1 Å². The van der Waals surface area contributed by atoms with Crippen LogP contribution >= 0.6 is 0 Å². The molecular weight excluding hydrogens is 155 g/mol. The van der Waals surface area contributed by atoms with Crippen molar-refractivity contribution in [2.45, 2.75) is 44.8 Å². The van der Waals surface area contributed by atoms with Gasteiger partial charge in [0.2, 0.25) is 0 Å². The molecular formula is C7H19BO2Si. The first-order valence-corrected chi connectivity index (χ1v) is 7.52. The Labute approximate surface area is 70.8 Å². The first-order chi connectivity index (χ1) is 5.04. The summed E-state index contributed by atoms with van der Waals surface area (Å²) >= 11 is 0. The Bertz CT molecular complexity index is 105. The fourth-order valence-corrected chi connectivity index (χ4v) is 3.24. The van der Waals surface area contributed by atoms with Gasteiger partial charge >= 0.3 is 7.12 Å². The van der Waals surface area contributed by atoms with E-state index in [9.17, 15) is 0 Å². The van der Waals surface area contributed by atoms with Crippen LogP contribution in [0.15, 0.2) is 0 Å². The Balaban J connectivity index is 3.69. The Kier molecular flexibility index (Phi) is 5.05. The summed E-state index contributed by atoms with van der Waals surface area (Å²) in [4.78, 5) is 0. The highest BCUT2D eigenvalue weighted by Crippen LogP contribution is 2.22. The van der Waals surface area contributed by atoms with Gasteiger partial charge in [0.25, 0.3) is 0 Å². The zero-order valence-electron chi connectivity index (χ0n) is 7.80. The average Bonchev–Trinajstić information content (AvgIpc) is 2.00. The maximum atomic E-state index is 8.68. The van der Waals surface area contributed by atoms with Gasteiger partial charge in [0.1, 0.15) is 0 Å². The van der Waals surface area contributed by atoms with Crippen molar-refractivity contribution in [2.75, 3.05) is 0 Å². The van der Waals surface area contributed by atoms with E-state index in [-0.39, 0.29) is 0 Å². The highest BCUT2D eigenvalue weighted by Gasteiger charge is 2.23. The summed E-state index contributed by atoms with van der Waals surface area (Å²) in [5.74, 6) is 0. The highest BCUT2D eigenvalue weighted by atomic mass is 28.3. The molecule has 0 bridgehead atoms. The highest BCUT2D eigenvalue weighted by molar-refractivity contribution is 6.79. The van der Waals surface area contributed by atoms with Crippen LogP contribution in [0.25, 0.3) is 0 Å². The molecule has 0 saturated heterocycles. The molecule has 0 aromatic rings. The van der Waals surface area contributed by atoms with Gasteiger partial charge in [-0.15, -0.1) is 0 Å². The molecule has 0 heterocycles. The summed E-state index contributed by atoms with van der Waals surface area (Å²) < 4.78 is 0. The second kappa shape index (κ2) is 4.96. The van der Waals surface area contributed by atoms with Crippen LogP contribution in [-0.4, -0.2) is 25.2 Å². The molecule has 0 aromatic heterocycles. The largest absolute Gasteiger partial charge is 0.451 e. The van der Waals surface area contributed by atoms with Gasteiger partial charge in [-0.2, -0.15) is 0 Å². The molecule has 0 fully saturated rings. The maximum Gasteiger partial charge on any atom is 0.451 e. The van der Waals surface area contributed by atoms with Crippen molar-refractivity contribution < 1.29 is 10.0 Å². The van der Waals surface area contributed by atoms with Gasteiger partial charge in [0, 0.05) is 8.07 Å². The standard InChI is InChI=1S/C7H19BO2Si/c1-4-11(3,5-2)7-6-8(9)10/h9-10H,4-7H2,1-3H3. The predicted octanol–water partition coefficient (Wildman–Crippen LogP) is 1.58. The molecule has 2 nitrogen and oxygen atoms in total.